The molecule has 136 valence electrons. The first kappa shape index (κ1) is 17.2. The first-order valence-electron chi connectivity index (χ1n) is 9.65. The third-order valence-corrected chi connectivity index (χ3v) is 8.11. The van der Waals surface area contributed by atoms with Crippen LogP contribution in [0.1, 0.15) is 45.4 Å². The highest BCUT2D eigenvalue weighted by atomic mass is 16.3. The molecular formula is C21H28O4. The number of hydrogen-bond acceptors (Lipinski definition) is 4. The molecule has 0 aromatic heterocycles. The zero-order valence-electron chi connectivity index (χ0n) is 14.9. The minimum absolute atomic E-state index is 0.000116. The molecule has 0 aromatic rings. The van der Waals surface area contributed by atoms with Gasteiger partial charge in [0.1, 0.15) is 6.61 Å². The van der Waals surface area contributed by atoms with Crippen LogP contribution in [-0.4, -0.2) is 35.0 Å². The van der Waals surface area contributed by atoms with Crippen LogP contribution < -0.4 is 0 Å². The molecule has 0 unspecified atom stereocenters. The summed E-state index contributed by atoms with van der Waals surface area (Å²) < 4.78 is 0. The lowest BCUT2D eigenvalue weighted by molar-refractivity contribution is -0.132. The Labute approximate surface area is 149 Å². The third-order valence-electron chi connectivity index (χ3n) is 8.11. The Kier molecular flexibility index (Phi) is 4.04. The lowest BCUT2D eigenvalue weighted by atomic mass is 9.47. The maximum absolute atomic E-state index is 12.3. The quantitative estimate of drug-likeness (QED) is 0.825. The summed E-state index contributed by atoms with van der Waals surface area (Å²) in [6, 6.07) is 0. The van der Waals surface area contributed by atoms with Gasteiger partial charge in [0.25, 0.3) is 0 Å². The predicted molar refractivity (Wildman–Crippen MR) is 93.6 cm³/mol. The number of hydrogen-bond donors (Lipinski definition) is 2. The summed E-state index contributed by atoms with van der Waals surface area (Å²) in [5.74, 6) is 1.32. The molecule has 4 rings (SSSR count). The molecule has 6 atom stereocenters. The SMILES string of the molecule is C[C@]12CC[C@H]3[C@@H](CCC4=CC(=O)C=C[C@@]43CO)[C@@H]1CC[C@@H]2C(=O)CO. The molecule has 4 nitrogen and oxygen atoms in total. The van der Waals surface area contributed by atoms with E-state index in [1.165, 1.54) is 0 Å². The molecule has 0 radical (unpaired) electrons. The maximum Gasteiger partial charge on any atom is 0.178 e. The number of fused-ring (bicyclic) bond motifs is 5. The summed E-state index contributed by atoms with van der Waals surface area (Å²) in [7, 11) is 0. The Morgan fingerprint density at radius 1 is 1.20 bits per heavy atom. The highest BCUT2D eigenvalue weighted by Gasteiger charge is 2.60. The third kappa shape index (κ3) is 2.26. The van der Waals surface area contributed by atoms with E-state index in [2.05, 4.69) is 6.92 Å². The van der Waals surface area contributed by atoms with Crippen molar-refractivity contribution >= 4 is 11.6 Å². The zero-order valence-corrected chi connectivity index (χ0v) is 14.9. The van der Waals surface area contributed by atoms with Crippen LogP contribution in [0.5, 0.6) is 0 Å². The fourth-order valence-corrected chi connectivity index (χ4v) is 6.92. The second-order valence-corrected chi connectivity index (χ2v) is 8.82. The van der Waals surface area contributed by atoms with E-state index in [1.54, 1.807) is 12.2 Å². The van der Waals surface area contributed by atoms with Crippen LogP contribution in [0.15, 0.2) is 23.8 Å². The molecule has 0 saturated heterocycles. The smallest absolute Gasteiger partial charge is 0.178 e. The van der Waals surface area contributed by atoms with Gasteiger partial charge in [0.05, 0.1) is 6.61 Å². The van der Waals surface area contributed by atoms with Crippen LogP contribution in [-0.2, 0) is 9.59 Å². The molecule has 0 spiro atoms. The number of carbonyl (C=O) groups excluding carboxylic acids is 2. The van der Waals surface area contributed by atoms with E-state index in [4.69, 9.17) is 0 Å². The summed E-state index contributed by atoms with van der Waals surface area (Å²) in [6.45, 7) is 1.96. The summed E-state index contributed by atoms with van der Waals surface area (Å²) in [5, 5.41) is 19.7. The van der Waals surface area contributed by atoms with Gasteiger partial charge >= 0.3 is 0 Å². The second-order valence-electron chi connectivity index (χ2n) is 8.82. The van der Waals surface area contributed by atoms with Gasteiger partial charge in [0.15, 0.2) is 11.6 Å². The van der Waals surface area contributed by atoms with Gasteiger partial charge in [0.2, 0.25) is 0 Å². The molecule has 0 bridgehead atoms. The summed E-state index contributed by atoms with van der Waals surface area (Å²) in [4.78, 5) is 24.1. The Hall–Kier alpha value is -1.26. The number of aliphatic hydroxyl groups is 2. The Bertz CT molecular complexity index is 663. The van der Waals surface area contributed by atoms with Gasteiger partial charge in [-0.15, -0.1) is 0 Å². The van der Waals surface area contributed by atoms with E-state index in [1.807, 2.05) is 6.08 Å². The van der Waals surface area contributed by atoms with Crippen LogP contribution in [0.3, 0.4) is 0 Å². The van der Waals surface area contributed by atoms with Crippen molar-refractivity contribution < 1.29 is 19.8 Å². The van der Waals surface area contributed by atoms with E-state index < -0.39 is 0 Å². The highest BCUT2D eigenvalue weighted by Crippen LogP contribution is 2.66. The standard InChI is InChI=1S/C21H28O4/c1-20-8-7-17-15(16(20)4-5-18(20)19(25)11-22)3-2-13-10-14(24)6-9-21(13,17)12-23/h6,9-10,15-18,22-23H,2-5,7-8,11-12H2,1H3/t15-,16-,17-,18+,20-,21+/m0/s1. The van der Waals surface area contributed by atoms with Crippen LogP contribution in [0.2, 0.25) is 0 Å². The average Bonchev–Trinajstić information content (AvgIpc) is 2.98. The van der Waals surface area contributed by atoms with E-state index in [0.29, 0.717) is 17.8 Å². The molecule has 4 heteroatoms. The lowest BCUT2D eigenvalue weighted by Gasteiger charge is -2.57. The molecule has 3 fully saturated rings. The number of ketones is 2. The van der Waals surface area contributed by atoms with Crippen molar-refractivity contribution in [2.24, 2.45) is 34.5 Å². The second kappa shape index (κ2) is 5.88. The number of aliphatic hydroxyl groups excluding tert-OH is 2. The average molecular weight is 344 g/mol. The molecule has 0 heterocycles. The number of carbonyl (C=O) groups is 2. The minimum Gasteiger partial charge on any atom is -0.395 e. The molecule has 25 heavy (non-hydrogen) atoms. The molecule has 4 aliphatic carbocycles. The van der Waals surface area contributed by atoms with Gasteiger partial charge in [-0.2, -0.15) is 0 Å². The Morgan fingerprint density at radius 3 is 2.72 bits per heavy atom. The normalized spacial score (nSPS) is 45.4. The van der Waals surface area contributed by atoms with Gasteiger partial charge < -0.3 is 10.2 Å². The van der Waals surface area contributed by atoms with Gasteiger partial charge in [-0.3, -0.25) is 9.59 Å². The van der Waals surface area contributed by atoms with E-state index in [0.717, 1.165) is 44.1 Å². The molecule has 0 aliphatic heterocycles. The molecule has 0 aromatic carbocycles. The minimum atomic E-state index is -0.378. The Balaban J connectivity index is 1.68. The highest BCUT2D eigenvalue weighted by molar-refractivity contribution is 6.01. The van der Waals surface area contributed by atoms with E-state index >= 15 is 0 Å². The maximum atomic E-state index is 12.3. The van der Waals surface area contributed by atoms with Gasteiger partial charge in [-0.1, -0.05) is 18.6 Å². The monoisotopic (exact) mass is 344 g/mol. The van der Waals surface area contributed by atoms with Crippen molar-refractivity contribution in [1.82, 2.24) is 0 Å². The fraction of sp³-hybridized carbons (Fsp3) is 0.714. The number of rotatable bonds is 3. The van der Waals surface area contributed by atoms with Gasteiger partial charge in [0, 0.05) is 11.3 Å². The largest absolute Gasteiger partial charge is 0.395 e. The summed E-state index contributed by atoms with van der Waals surface area (Å²) in [6.07, 6.45) is 11.1. The van der Waals surface area contributed by atoms with Crippen LogP contribution >= 0.6 is 0 Å². The van der Waals surface area contributed by atoms with Crippen molar-refractivity contribution in [3.8, 4) is 0 Å². The number of Topliss-reactive ketones (excluding diaryl/α,β-unsaturated/α-hetero) is 1. The topological polar surface area (TPSA) is 74.6 Å². The van der Waals surface area contributed by atoms with E-state index in [9.17, 15) is 19.8 Å². The molecule has 3 saturated carbocycles. The van der Waals surface area contributed by atoms with Crippen molar-refractivity contribution in [3.05, 3.63) is 23.8 Å². The van der Waals surface area contributed by atoms with Gasteiger partial charge in [-0.25, -0.2) is 0 Å². The molecule has 4 aliphatic rings. The van der Waals surface area contributed by atoms with Crippen LogP contribution in [0.25, 0.3) is 0 Å². The zero-order chi connectivity index (χ0) is 17.8. The first-order valence-corrected chi connectivity index (χ1v) is 9.65. The van der Waals surface area contributed by atoms with Crippen molar-refractivity contribution in [2.75, 3.05) is 13.2 Å². The van der Waals surface area contributed by atoms with Crippen molar-refractivity contribution in [2.45, 2.75) is 45.4 Å². The van der Waals surface area contributed by atoms with Crippen molar-refractivity contribution in [3.63, 3.8) is 0 Å². The van der Waals surface area contributed by atoms with Crippen LogP contribution in [0.4, 0.5) is 0 Å². The fourth-order valence-electron chi connectivity index (χ4n) is 6.92. The van der Waals surface area contributed by atoms with Crippen molar-refractivity contribution in [1.29, 1.82) is 0 Å². The van der Waals surface area contributed by atoms with Crippen LogP contribution in [0, 0.1) is 34.5 Å². The first-order chi connectivity index (χ1) is 12.0. The Morgan fingerprint density at radius 2 is 2.00 bits per heavy atom. The van der Waals surface area contributed by atoms with Gasteiger partial charge in [-0.05, 0) is 73.8 Å². The lowest BCUT2D eigenvalue weighted by Crippen LogP contribution is -2.52. The predicted octanol–water partition coefficient (Wildman–Crippen LogP) is 2.44. The summed E-state index contributed by atoms with van der Waals surface area (Å²) in [5.41, 5.74) is 0.706. The number of allylic oxidation sites excluding steroid dienone is 2. The molecule has 2 N–H and O–H groups in total. The molecular weight excluding hydrogens is 316 g/mol. The molecule has 0 amide bonds. The summed E-state index contributed by atoms with van der Waals surface area (Å²) >= 11 is 0. The van der Waals surface area contributed by atoms with E-state index in [-0.39, 0.29) is 41.5 Å².